The lowest BCUT2D eigenvalue weighted by atomic mass is 10.2. The van der Waals surface area contributed by atoms with Crippen LogP contribution in [0.15, 0.2) is 41.3 Å². The van der Waals surface area contributed by atoms with E-state index in [1.165, 1.54) is 39.5 Å². The van der Waals surface area contributed by atoms with Crippen molar-refractivity contribution in [2.75, 3.05) is 26.0 Å². The van der Waals surface area contributed by atoms with Crippen molar-refractivity contribution in [3.63, 3.8) is 0 Å². The molecule has 0 aliphatic heterocycles. The van der Waals surface area contributed by atoms with Crippen LogP contribution in [0.25, 0.3) is 0 Å². The molecule has 0 unspecified atom stereocenters. The second kappa shape index (κ2) is 7.43. The number of anilines is 1. The number of methoxy groups -OCH3 is 2. The normalized spacial score (nSPS) is 10.9. The number of carbonyl (C=O) groups excluding carboxylic acids is 1. The molecule has 0 fully saturated rings. The number of sulfonamides is 1. The van der Waals surface area contributed by atoms with E-state index in [-0.39, 0.29) is 16.2 Å². The second-order valence-corrected chi connectivity index (χ2v) is 6.93. The van der Waals surface area contributed by atoms with Crippen molar-refractivity contribution in [3.8, 4) is 11.5 Å². The average molecular weight is 364 g/mol. The van der Waals surface area contributed by atoms with Crippen LogP contribution in [-0.4, -0.2) is 35.6 Å². The monoisotopic (exact) mass is 364 g/mol. The number of amides is 1. The van der Waals surface area contributed by atoms with Gasteiger partial charge in [-0.3, -0.25) is 9.52 Å². The summed E-state index contributed by atoms with van der Waals surface area (Å²) in [5.41, 5.74) is 1.32. The van der Waals surface area contributed by atoms with Crippen LogP contribution < -0.4 is 19.5 Å². The molecule has 0 atom stereocenters. The number of ether oxygens (including phenoxy) is 2. The lowest BCUT2D eigenvalue weighted by Crippen LogP contribution is -2.20. The molecule has 8 heteroatoms. The summed E-state index contributed by atoms with van der Waals surface area (Å²) in [4.78, 5) is 11.9. The molecule has 0 aliphatic carbocycles. The quantitative estimate of drug-likeness (QED) is 0.819. The summed E-state index contributed by atoms with van der Waals surface area (Å²) in [5.74, 6) is 0.239. The van der Waals surface area contributed by atoms with Crippen LogP contribution in [0, 0.1) is 6.92 Å². The molecule has 2 N–H and O–H groups in total. The molecule has 0 bridgehead atoms. The Bertz CT molecular complexity index is 894. The van der Waals surface area contributed by atoms with Gasteiger partial charge in [-0.2, -0.15) is 0 Å². The lowest BCUT2D eigenvalue weighted by molar-refractivity contribution is 0.0960. The first-order valence-corrected chi connectivity index (χ1v) is 8.88. The standard InChI is InChI=1S/C17H20N2O5S/c1-11-5-7-16(24-4)14(9-11)19-25(21,22)12-6-8-15(23-3)13(10-12)17(20)18-2/h5-10,19H,1-4H3,(H,18,20). The fraction of sp³-hybridized carbons (Fsp3) is 0.235. The van der Waals surface area contributed by atoms with Gasteiger partial charge in [-0.1, -0.05) is 6.07 Å². The molecule has 0 radical (unpaired) electrons. The van der Waals surface area contributed by atoms with E-state index in [0.717, 1.165) is 5.56 Å². The van der Waals surface area contributed by atoms with Gasteiger partial charge in [-0.05, 0) is 42.8 Å². The molecule has 7 nitrogen and oxygen atoms in total. The molecule has 134 valence electrons. The minimum atomic E-state index is -3.92. The zero-order valence-corrected chi connectivity index (χ0v) is 15.2. The third-order valence-corrected chi connectivity index (χ3v) is 4.92. The van der Waals surface area contributed by atoms with Crippen LogP contribution in [0.2, 0.25) is 0 Å². The number of benzene rings is 2. The maximum Gasteiger partial charge on any atom is 0.262 e. The highest BCUT2D eigenvalue weighted by Crippen LogP contribution is 2.29. The zero-order valence-electron chi connectivity index (χ0n) is 14.4. The van der Waals surface area contributed by atoms with Crippen molar-refractivity contribution in [2.24, 2.45) is 0 Å². The van der Waals surface area contributed by atoms with E-state index in [1.807, 2.05) is 13.0 Å². The SMILES string of the molecule is CNC(=O)c1cc(S(=O)(=O)Nc2cc(C)ccc2OC)ccc1OC. The Morgan fingerprint density at radius 1 is 1.00 bits per heavy atom. The average Bonchev–Trinajstić information content (AvgIpc) is 2.60. The highest BCUT2D eigenvalue weighted by molar-refractivity contribution is 7.92. The molecule has 1 amide bonds. The molecule has 0 spiro atoms. The van der Waals surface area contributed by atoms with E-state index in [4.69, 9.17) is 9.47 Å². The topological polar surface area (TPSA) is 93.7 Å². The highest BCUT2D eigenvalue weighted by Gasteiger charge is 2.20. The predicted molar refractivity (Wildman–Crippen MR) is 94.9 cm³/mol. The van der Waals surface area contributed by atoms with Gasteiger partial charge < -0.3 is 14.8 Å². The number of hydrogen-bond donors (Lipinski definition) is 2. The molecule has 0 heterocycles. The summed E-state index contributed by atoms with van der Waals surface area (Å²) < 4.78 is 38.2. The van der Waals surface area contributed by atoms with Gasteiger partial charge >= 0.3 is 0 Å². The fourth-order valence-electron chi connectivity index (χ4n) is 2.27. The molecule has 2 aromatic rings. The van der Waals surface area contributed by atoms with Crippen molar-refractivity contribution < 1.29 is 22.7 Å². The summed E-state index contributed by atoms with van der Waals surface area (Å²) in [7, 11) is 0.406. The van der Waals surface area contributed by atoms with Gasteiger partial charge in [0.2, 0.25) is 0 Å². The van der Waals surface area contributed by atoms with E-state index >= 15 is 0 Å². The minimum absolute atomic E-state index is 0.0598. The van der Waals surface area contributed by atoms with Crippen molar-refractivity contribution in [1.29, 1.82) is 0 Å². The van der Waals surface area contributed by atoms with Crippen molar-refractivity contribution in [1.82, 2.24) is 5.32 Å². The molecule has 0 saturated heterocycles. The molecular weight excluding hydrogens is 344 g/mol. The number of hydrogen-bond acceptors (Lipinski definition) is 5. The maximum absolute atomic E-state index is 12.7. The maximum atomic E-state index is 12.7. The zero-order chi connectivity index (χ0) is 18.6. The van der Waals surface area contributed by atoms with Gasteiger partial charge in [0, 0.05) is 7.05 Å². The van der Waals surface area contributed by atoms with E-state index in [1.54, 1.807) is 12.1 Å². The van der Waals surface area contributed by atoms with Gasteiger partial charge in [0.15, 0.2) is 0 Å². The van der Waals surface area contributed by atoms with E-state index in [2.05, 4.69) is 10.0 Å². The first kappa shape index (κ1) is 18.6. The highest BCUT2D eigenvalue weighted by atomic mass is 32.2. The summed E-state index contributed by atoms with van der Waals surface area (Å²) in [6.45, 7) is 1.84. The van der Waals surface area contributed by atoms with Gasteiger partial charge in [0.25, 0.3) is 15.9 Å². The number of rotatable bonds is 6. The molecule has 2 rings (SSSR count). The van der Waals surface area contributed by atoms with Crippen molar-refractivity contribution in [2.45, 2.75) is 11.8 Å². The third-order valence-electron chi connectivity index (χ3n) is 3.55. The Morgan fingerprint density at radius 3 is 2.24 bits per heavy atom. The number of aryl methyl sites for hydroxylation is 1. The van der Waals surface area contributed by atoms with Crippen LogP contribution in [0.5, 0.6) is 11.5 Å². The van der Waals surface area contributed by atoms with Crippen molar-refractivity contribution >= 4 is 21.6 Å². The van der Waals surface area contributed by atoms with E-state index < -0.39 is 15.9 Å². The van der Waals surface area contributed by atoms with Crippen LogP contribution in [0.3, 0.4) is 0 Å². The lowest BCUT2D eigenvalue weighted by Gasteiger charge is -2.14. The summed E-state index contributed by atoms with van der Waals surface area (Å²) in [6.07, 6.45) is 0. The van der Waals surface area contributed by atoms with Crippen LogP contribution in [0.4, 0.5) is 5.69 Å². The molecular formula is C17H20N2O5S. The Kier molecular flexibility index (Phi) is 5.53. The Labute approximate surface area is 147 Å². The van der Waals surface area contributed by atoms with Gasteiger partial charge in [0.05, 0.1) is 30.4 Å². The van der Waals surface area contributed by atoms with Gasteiger partial charge in [-0.15, -0.1) is 0 Å². The molecule has 0 saturated carbocycles. The smallest absolute Gasteiger partial charge is 0.262 e. The predicted octanol–water partition coefficient (Wildman–Crippen LogP) is 2.17. The van der Waals surface area contributed by atoms with Crippen molar-refractivity contribution in [3.05, 3.63) is 47.5 Å². The fourth-order valence-corrected chi connectivity index (χ4v) is 3.36. The molecule has 2 aromatic carbocycles. The molecule has 25 heavy (non-hydrogen) atoms. The number of carbonyl (C=O) groups is 1. The summed E-state index contributed by atoms with van der Waals surface area (Å²) in [5, 5.41) is 2.46. The number of nitrogens with one attached hydrogen (secondary N) is 2. The first-order valence-electron chi connectivity index (χ1n) is 7.40. The first-order chi connectivity index (χ1) is 11.8. The Morgan fingerprint density at radius 2 is 1.64 bits per heavy atom. The summed E-state index contributed by atoms with van der Waals surface area (Å²) >= 11 is 0. The van der Waals surface area contributed by atoms with Gasteiger partial charge in [-0.25, -0.2) is 8.42 Å². The van der Waals surface area contributed by atoms with Crippen LogP contribution >= 0.6 is 0 Å². The van der Waals surface area contributed by atoms with Crippen LogP contribution in [0.1, 0.15) is 15.9 Å². The van der Waals surface area contributed by atoms with E-state index in [9.17, 15) is 13.2 Å². The molecule has 0 aromatic heterocycles. The Hall–Kier alpha value is -2.74. The second-order valence-electron chi connectivity index (χ2n) is 5.25. The van der Waals surface area contributed by atoms with Crippen LogP contribution in [-0.2, 0) is 10.0 Å². The Balaban J connectivity index is 2.47. The van der Waals surface area contributed by atoms with E-state index in [0.29, 0.717) is 11.4 Å². The third kappa shape index (κ3) is 4.03. The largest absolute Gasteiger partial charge is 0.496 e. The van der Waals surface area contributed by atoms with Gasteiger partial charge in [0.1, 0.15) is 11.5 Å². The summed E-state index contributed by atoms with van der Waals surface area (Å²) in [6, 6.07) is 9.23. The molecule has 0 aliphatic rings. The minimum Gasteiger partial charge on any atom is -0.496 e.